The zero-order valence-corrected chi connectivity index (χ0v) is 54.3. The fraction of sp³-hybridized carbons (Fsp3) is 0. The zero-order chi connectivity index (χ0) is 64.6. The monoisotopic (exact) mass is 1270 g/mol. The van der Waals surface area contributed by atoms with Crippen molar-refractivity contribution in [2.24, 2.45) is 0 Å². The number of nitrogens with zero attached hydrogens (tertiary/aromatic N) is 5. The van der Waals surface area contributed by atoms with Crippen LogP contribution in [0.2, 0.25) is 0 Å². The van der Waals surface area contributed by atoms with Gasteiger partial charge in [-0.25, -0.2) is 0 Å². The molecule has 0 amide bonds. The van der Waals surface area contributed by atoms with Crippen molar-refractivity contribution in [2.45, 2.75) is 9.79 Å². The molecule has 0 bridgehead atoms. The fourth-order valence-electron chi connectivity index (χ4n) is 15.9. The van der Waals surface area contributed by atoms with Crippen LogP contribution in [0, 0.1) is 0 Å². The Morgan fingerprint density at radius 1 is 0.224 bits per heavy atom. The van der Waals surface area contributed by atoms with E-state index in [0.29, 0.717) is 0 Å². The molecule has 5 nitrogen and oxygen atoms in total. The average Bonchev–Trinajstić information content (AvgIpc) is 0.689. The van der Waals surface area contributed by atoms with E-state index in [1.807, 2.05) is 11.8 Å². The van der Waals surface area contributed by atoms with E-state index in [9.17, 15) is 0 Å². The maximum atomic E-state index is 2.65. The van der Waals surface area contributed by atoms with Crippen LogP contribution in [-0.4, -0.2) is 13.4 Å². The first-order valence-electron chi connectivity index (χ1n) is 33.7. The summed E-state index contributed by atoms with van der Waals surface area (Å²) >= 11 is 1.91. The predicted molar refractivity (Wildman–Crippen MR) is 416 cm³/mol. The lowest BCUT2D eigenvalue weighted by Crippen LogP contribution is -2.64. The van der Waals surface area contributed by atoms with E-state index in [4.69, 9.17) is 0 Å². The summed E-state index contributed by atoms with van der Waals surface area (Å²) in [5.74, 6) is 0. The number of benzene rings is 15. The highest BCUT2D eigenvalue weighted by Crippen LogP contribution is 2.53. The lowest BCUT2D eigenvalue weighted by molar-refractivity contribution is 1.22. The van der Waals surface area contributed by atoms with E-state index in [0.717, 1.165) is 107 Å². The highest BCUT2D eigenvalue weighted by molar-refractivity contribution is 8.00. The molecule has 0 N–H and O–H groups in total. The SMILES string of the molecule is c1ccc(-c2ccccc2N(c2ccccc2)c2cc3c4c(c2)N(c2ccccc2)c2ccccc2B4c2cc4c(cc2S3)N(c2ccccc2-c2ccccc2)c2cc(N(c3ccccc3)c3ccccc3-c3ccccc3)cc3c2B4c2ccccc2N3c2ccccc2)cc1. The topological polar surface area (TPSA) is 16.2 Å². The first kappa shape index (κ1) is 57.2. The smallest absolute Gasteiger partial charge is 0.252 e. The Balaban J connectivity index is 0.908. The Bertz CT molecular complexity index is 5530. The van der Waals surface area contributed by atoms with E-state index in [2.05, 4.69) is 395 Å². The molecule has 8 heteroatoms. The summed E-state index contributed by atoms with van der Waals surface area (Å²) in [7, 11) is 0. The molecule has 4 aliphatic rings. The molecule has 0 spiro atoms. The number of anilines is 15. The molecular weight excluding hydrogens is 1200 g/mol. The third-order valence-electron chi connectivity index (χ3n) is 20.0. The van der Waals surface area contributed by atoms with E-state index in [1.54, 1.807) is 0 Å². The molecule has 15 aromatic rings. The van der Waals surface area contributed by atoms with Crippen molar-refractivity contribution >= 4 is 143 Å². The Kier molecular flexibility index (Phi) is 14.0. The molecule has 15 aromatic carbocycles. The Hall–Kier alpha value is -12.2. The van der Waals surface area contributed by atoms with E-state index >= 15 is 0 Å². The van der Waals surface area contributed by atoms with Crippen LogP contribution in [0.4, 0.5) is 85.3 Å². The van der Waals surface area contributed by atoms with Crippen molar-refractivity contribution < 1.29 is 0 Å². The van der Waals surface area contributed by atoms with Gasteiger partial charge in [-0.2, -0.15) is 0 Å². The van der Waals surface area contributed by atoms with Crippen molar-refractivity contribution in [3.8, 4) is 33.4 Å². The van der Waals surface area contributed by atoms with Gasteiger partial charge in [-0.1, -0.05) is 278 Å². The predicted octanol–water partition coefficient (Wildman–Crippen LogP) is 20.5. The van der Waals surface area contributed by atoms with Crippen LogP contribution < -0.4 is 57.3 Å². The van der Waals surface area contributed by atoms with Crippen LogP contribution in [0.15, 0.2) is 380 Å². The standard InChI is InChI=1S/C90H61B2N5S/c1-8-32-62(33-9-1)71-46-22-27-51-78(71)93(65-38-14-4-15-39-65)69-56-84-89-85(57-69)97(80-53-29-24-48-73(80)64-36-12-3-13-37-64)83-61-87-77(60-76(83)91(89)74-49-25-30-54-81(74)95(84)67-42-18-6-19-43-67)92-75-50-26-31-55-82(75)96(68-44-20-7-21-45-68)86-58-70(59-88(98-87)90(86)92)94(66-40-16-5-17-41-66)79-52-28-23-47-72(79)63-34-10-2-11-35-63/h1-61H. The van der Waals surface area contributed by atoms with Crippen LogP contribution in [0.25, 0.3) is 33.4 Å². The summed E-state index contributed by atoms with van der Waals surface area (Å²) in [5.41, 5.74) is 31.2. The largest absolute Gasteiger partial charge is 0.311 e. The normalized spacial score (nSPS) is 12.8. The molecule has 0 saturated carbocycles. The Morgan fingerprint density at radius 2 is 0.592 bits per heavy atom. The molecule has 0 fully saturated rings. The Morgan fingerprint density at radius 3 is 1.09 bits per heavy atom. The van der Waals surface area contributed by atoms with Crippen molar-refractivity contribution in [3.63, 3.8) is 0 Å². The van der Waals surface area contributed by atoms with Gasteiger partial charge in [-0.05, 0) is 153 Å². The Labute approximate surface area is 577 Å². The highest BCUT2D eigenvalue weighted by atomic mass is 32.2. The molecule has 458 valence electrons. The molecular formula is C90H61B2N5S. The molecule has 0 saturated heterocycles. The molecule has 0 unspecified atom stereocenters. The minimum Gasteiger partial charge on any atom is -0.311 e. The van der Waals surface area contributed by atoms with Gasteiger partial charge in [0.25, 0.3) is 6.71 Å². The summed E-state index contributed by atoms with van der Waals surface area (Å²) in [6.07, 6.45) is 0. The van der Waals surface area contributed by atoms with Gasteiger partial charge < -0.3 is 24.5 Å². The summed E-state index contributed by atoms with van der Waals surface area (Å²) in [4.78, 5) is 15.1. The van der Waals surface area contributed by atoms with Crippen molar-refractivity contribution in [1.29, 1.82) is 0 Å². The quantitative estimate of drug-likeness (QED) is 0.113. The van der Waals surface area contributed by atoms with Gasteiger partial charge in [0.2, 0.25) is 6.71 Å². The number of rotatable bonds is 12. The molecule has 0 radical (unpaired) electrons. The first-order chi connectivity index (χ1) is 48.7. The third kappa shape index (κ3) is 9.43. The van der Waals surface area contributed by atoms with Crippen molar-refractivity contribution in [3.05, 3.63) is 370 Å². The molecule has 4 heterocycles. The number of fused-ring (bicyclic) bond motifs is 8. The van der Waals surface area contributed by atoms with Gasteiger partial charge in [0.1, 0.15) is 0 Å². The van der Waals surface area contributed by atoms with Crippen LogP contribution in [0.3, 0.4) is 0 Å². The molecule has 98 heavy (non-hydrogen) atoms. The summed E-state index contributed by atoms with van der Waals surface area (Å²) in [5, 5.41) is 0. The van der Waals surface area contributed by atoms with Gasteiger partial charge >= 0.3 is 0 Å². The number of para-hydroxylation sites is 9. The third-order valence-corrected chi connectivity index (χ3v) is 21.1. The van der Waals surface area contributed by atoms with Crippen LogP contribution in [-0.2, 0) is 0 Å². The van der Waals surface area contributed by atoms with E-state index in [-0.39, 0.29) is 13.4 Å². The second kappa shape index (κ2) is 23.9. The van der Waals surface area contributed by atoms with E-state index in [1.165, 1.54) is 53.9 Å². The average molecular weight is 1270 g/mol. The molecule has 19 rings (SSSR count). The second-order valence-corrected chi connectivity index (χ2v) is 26.6. The van der Waals surface area contributed by atoms with Gasteiger partial charge in [0, 0.05) is 89.0 Å². The molecule has 0 atom stereocenters. The van der Waals surface area contributed by atoms with E-state index < -0.39 is 0 Å². The number of hydrogen-bond acceptors (Lipinski definition) is 6. The first-order valence-corrected chi connectivity index (χ1v) is 34.5. The minimum absolute atomic E-state index is 0.120. The lowest BCUT2D eigenvalue weighted by atomic mass is 9.31. The van der Waals surface area contributed by atoms with Gasteiger partial charge in [0.05, 0.1) is 22.7 Å². The summed E-state index contributed by atoms with van der Waals surface area (Å²) in [6, 6.07) is 137. The van der Waals surface area contributed by atoms with Crippen molar-refractivity contribution in [2.75, 3.05) is 24.5 Å². The van der Waals surface area contributed by atoms with Crippen LogP contribution in [0.5, 0.6) is 0 Å². The molecule has 4 aliphatic heterocycles. The van der Waals surface area contributed by atoms with Crippen LogP contribution >= 0.6 is 11.8 Å². The maximum Gasteiger partial charge on any atom is 0.252 e. The summed E-state index contributed by atoms with van der Waals surface area (Å²) < 4.78 is 0. The highest BCUT2D eigenvalue weighted by Gasteiger charge is 2.48. The molecule has 0 aliphatic carbocycles. The van der Waals surface area contributed by atoms with Gasteiger partial charge in [-0.15, -0.1) is 0 Å². The number of hydrogen-bond donors (Lipinski definition) is 0. The fourth-order valence-corrected chi connectivity index (χ4v) is 17.2. The minimum atomic E-state index is -0.176. The van der Waals surface area contributed by atoms with Crippen molar-refractivity contribution in [1.82, 2.24) is 0 Å². The maximum absolute atomic E-state index is 2.65. The lowest BCUT2D eigenvalue weighted by Gasteiger charge is -2.46. The summed E-state index contributed by atoms with van der Waals surface area (Å²) in [6.45, 7) is -0.296. The second-order valence-electron chi connectivity index (χ2n) is 25.5. The zero-order valence-electron chi connectivity index (χ0n) is 53.5. The molecule has 0 aromatic heterocycles. The van der Waals surface area contributed by atoms with Crippen LogP contribution in [0.1, 0.15) is 0 Å². The van der Waals surface area contributed by atoms with Gasteiger partial charge in [-0.3, -0.25) is 0 Å². The van der Waals surface area contributed by atoms with Gasteiger partial charge in [0.15, 0.2) is 0 Å².